The second-order valence-corrected chi connectivity index (χ2v) is 4.11. The fraction of sp³-hybridized carbons (Fsp3) is 0.308. The normalized spacial score (nSPS) is 13.5. The molecule has 2 N–H and O–H groups in total. The van der Waals surface area contributed by atoms with E-state index >= 15 is 0 Å². The SMILES string of the molecule is NCC(COc1cccc2ncccc12)C(F)(F)F. The number of aromatic nitrogens is 1. The smallest absolute Gasteiger partial charge is 0.396 e. The average molecular weight is 270 g/mol. The topological polar surface area (TPSA) is 48.1 Å². The lowest BCUT2D eigenvalue weighted by Gasteiger charge is -2.19. The van der Waals surface area contributed by atoms with Crippen molar-refractivity contribution in [1.29, 1.82) is 0 Å². The number of fused-ring (bicyclic) bond motifs is 1. The number of alkyl halides is 3. The van der Waals surface area contributed by atoms with Gasteiger partial charge in [-0.05, 0) is 24.3 Å². The highest BCUT2D eigenvalue weighted by Gasteiger charge is 2.39. The van der Waals surface area contributed by atoms with E-state index in [9.17, 15) is 13.2 Å². The van der Waals surface area contributed by atoms with Gasteiger partial charge in [0.05, 0.1) is 5.52 Å². The molecule has 2 aromatic rings. The van der Waals surface area contributed by atoms with Crippen LogP contribution in [0.4, 0.5) is 13.2 Å². The number of hydrogen-bond donors (Lipinski definition) is 1. The molecule has 0 saturated heterocycles. The first-order valence-corrected chi connectivity index (χ1v) is 5.75. The minimum Gasteiger partial charge on any atom is -0.492 e. The molecule has 0 saturated carbocycles. The Morgan fingerprint density at radius 1 is 1.21 bits per heavy atom. The molecule has 0 amide bonds. The van der Waals surface area contributed by atoms with E-state index in [2.05, 4.69) is 4.98 Å². The van der Waals surface area contributed by atoms with Crippen molar-refractivity contribution in [3.8, 4) is 5.75 Å². The average Bonchev–Trinajstić information content (AvgIpc) is 2.38. The molecule has 102 valence electrons. The zero-order valence-corrected chi connectivity index (χ0v) is 10.0. The molecule has 0 aliphatic carbocycles. The van der Waals surface area contributed by atoms with Crippen molar-refractivity contribution >= 4 is 10.9 Å². The second-order valence-electron chi connectivity index (χ2n) is 4.11. The van der Waals surface area contributed by atoms with Gasteiger partial charge in [-0.2, -0.15) is 13.2 Å². The number of nitrogens with zero attached hydrogens (tertiary/aromatic N) is 1. The van der Waals surface area contributed by atoms with Gasteiger partial charge in [-0.1, -0.05) is 6.07 Å². The van der Waals surface area contributed by atoms with Gasteiger partial charge >= 0.3 is 6.18 Å². The lowest BCUT2D eigenvalue weighted by atomic mass is 10.1. The van der Waals surface area contributed by atoms with Crippen molar-refractivity contribution in [2.45, 2.75) is 6.18 Å². The maximum Gasteiger partial charge on any atom is 0.396 e. The Labute approximate surface area is 108 Å². The van der Waals surface area contributed by atoms with E-state index in [-0.39, 0.29) is 0 Å². The third kappa shape index (κ3) is 3.14. The van der Waals surface area contributed by atoms with Crippen molar-refractivity contribution < 1.29 is 17.9 Å². The number of rotatable bonds is 4. The van der Waals surface area contributed by atoms with Crippen molar-refractivity contribution in [2.75, 3.05) is 13.2 Å². The molecule has 0 bridgehead atoms. The molecule has 1 aromatic carbocycles. The van der Waals surface area contributed by atoms with Gasteiger partial charge in [0.25, 0.3) is 0 Å². The highest BCUT2D eigenvalue weighted by molar-refractivity contribution is 5.84. The first-order chi connectivity index (χ1) is 9.02. The molecule has 6 heteroatoms. The molecular formula is C13H13F3N2O. The van der Waals surface area contributed by atoms with Crippen molar-refractivity contribution in [3.05, 3.63) is 36.5 Å². The van der Waals surface area contributed by atoms with Gasteiger partial charge in [-0.3, -0.25) is 4.98 Å². The summed E-state index contributed by atoms with van der Waals surface area (Å²) < 4.78 is 43.0. The Morgan fingerprint density at radius 2 is 2.00 bits per heavy atom. The maximum atomic E-state index is 12.6. The fourth-order valence-corrected chi connectivity index (χ4v) is 1.69. The van der Waals surface area contributed by atoms with Gasteiger partial charge in [0.1, 0.15) is 18.3 Å². The minimum absolute atomic E-state index is 0.383. The van der Waals surface area contributed by atoms with Crippen LogP contribution in [-0.4, -0.2) is 24.3 Å². The number of hydrogen-bond acceptors (Lipinski definition) is 3. The van der Waals surface area contributed by atoms with Gasteiger partial charge in [0.2, 0.25) is 0 Å². The quantitative estimate of drug-likeness (QED) is 0.929. The van der Waals surface area contributed by atoms with E-state index in [0.29, 0.717) is 16.7 Å². The van der Waals surface area contributed by atoms with Crippen LogP contribution in [0.5, 0.6) is 5.75 Å². The fourth-order valence-electron chi connectivity index (χ4n) is 1.69. The van der Waals surface area contributed by atoms with Crippen molar-refractivity contribution in [1.82, 2.24) is 4.98 Å². The van der Waals surface area contributed by atoms with Gasteiger partial charge < -0.3 is 10.5 Å². The Bertz CT molecular complexity index is 552. The first-order valence-electron chi connectivity index (χ1n) is 5.75. The summed E-state index contributed by atoms with van der Waals surface area (Å²) >= 11 is 0. The molecule has 0 fully saturated rings. The van der Waals surface area contributed by atoms with Gasteiger partial charge in [0, 0.05) is 18.1 Å². The summed E-state index contributed by atoms with van der Waals surface area (Å²) in [6.07, 6.45) is -2.73. The highest BCUT2D eigenvalue weighted by atomic mass is 19.4. The zero-order valence-electron chi connectivity index (χ0n) is 10.0. The minimum atomic E-state index is -4.35. The molecule has 1 atom stereocenters. The van der Waals surface area contributed by atoms with E-state index < -0.39 is 25.2 Å². The monoisotopic (exact) mass is 270 g/mol. The Balaban J connectivity index is 2.18. The molecule has 0 radical (unpaired) electrons. The predicted molar refractivity (Wildman–Crippen MR) is 65.8 cm³/mol. The first kappa shape index (κ1) is 13.6. The molecular weight excluding hydrogens is 257 g/mol. The van der Waals surface area contributed by atoms with Gasteiger partial charge in [0.15, 0.2) is 0 Å². The maximum absolute atomic E-state index is 12.6. The van der Waals surface area contributed by atoms with Gasteiger partial charge in [-0.15, -0.1) is 0 Å². The van der Waals surface area contributed by atoms with Crippen LogP contribution in [0.1, 0.15) is 0 Å². The Kier molecular flexibility index (Phi) is 3.90. The van der Waals surface area contributed by atoms with E-state index in [1.54, 1.807) is 36.5 Å². The van der Waals surface area contributed by atoms with Crippen LogP contribution in [0.2, 0.25) is 0 Å². The molecule has 0 aliphatic rings. The van der Waals surface area contributed by atoms with E-state index in [4.69, 9.17) is 10.5 Å². The zero-order chi connectivity index (χ0) is 13.9. The van der Waals surface area contributed by atoms with Crippen LogP contribution < -0.4 is 10.5 Å². The molecule has 0 spiro atoms. The van der Waals surface area contributed by atoms with Gasteiger partial charge in [-0.25, -0.2) is 0 Å². The van der Waals surface area contributed by atoms with E-state index in [0.717, 1.165) is 0 Å². The van der Waals surface area contributed by atoms with Crippen LogP contribution in [0.15, 0.2) is 36.5 Å². The molecule has 0 aliphatic heterocycles. The van der Waals surface area contributed by atoms with E-state index in [1.807, 2.05) is 0 Å². The summed E-state index contributed by atoms with van der Waals surface area (Å²) in [4.78, 5) is 4.11. The number of pyridine rings is 1. The Hall–Kier alpha value is -1.82. The Morgan fingerprint density at radius 3 is 2.68 bits per heavy atom. The number of benzene rings is 1. The molecule has 1 heterocycles. The summed E-state index contributed by atoms with van der Waals surface area (Å²) in [7, 11) is 0. The lowest BCUT2D eigenvalue weighted by Crippen LogP contribution is -2.35. The number of nitrogens with two attached hydrogens (primary N) is 1. The number of ether oxygens (including phenoxy) is 1. The van der Waals surface area contributed by atoms with Crippen LogP contribution >= 0.6 is 0 Å². The van der Waals surface area contributed by atoms with Crippen molar-refractivity contribution in [2.24, 2.45) is 11.7 Å². The van der Waals surface area contributed by atoms with Crippen molar-refractivity contribution in [3.63, 3.8) is 0 Å². The summed E-state index contributed by atoms with van der Waals surface area (Å²) in [6, 6.07) is 8.54. The van der Waals surface area contributed by atoms with Crippen LogP contribution in [-0.2, 0) is 0 Å². The lowest BCUT2D eigenvalue weighted by molar-refractivity contribution is -0.178. The molecule has 3 nitrogen and oxygen atoms in total. The number of halogens is 3. The largest absolute Gasteiger partial charge is 0.492 e. The standard InChI is InChI=1S/C13H13F3N2O/c14-13(15,16)9(7-17)8-19-12-5-1-4-11-10(12)3-2-6-18-11/h1-6,9H,7-8,17H2. The molecule has 1 unspecified atom stereocenters. The third-order valence-electron chi connectivity index (χ3n) is 2.79. The molecule has 19 heavy (non-hydrogen) atoms. The summed E-state index contributed by atoms with van der Waals surface area (Å²) in [6.45, 7) is -0.986. The summed E-state index contributed by atoms with van der Waals surface area (Å²) in [5.74, 6) is -1.28. The van der Waals surface area contributed by atoms with Crippen LogP contribution in [0, 0.1) is 5.92 Å². The second kappa shape index (κ2) is 5.44. The third-order valence-corrected chi connectivity index (χ3v) is 2.79. The summed E-state index contributed by atoms with van der Waals surface area (Å²) in [5, 5.41) is 0.683. The highest BCUT2D eigenvalue weighted by Crippen LogP contribution is 2.28. The van der Waals surface area contributed by atoms with Crippen LogP contribution in [0.3, 0.4) is 0 Å². The summed E-state index contributed by atoms with van der Waals surface area (Å²) in [5.41, 5.74) is 5.80. The van der Waals surface area contributed by atoms with Crippen LogP contribution in [0.25, 0.3) is 10.9 Å². The molecule has 2 rings (SSSR count). The predicted octanol–water partition coefficient (Wildman–Crippen LogP) is 2.75. The van der Waals surface area contributed by atoms with E-state index in [1.165, 1.54) is 0 Å². The molecule has 1 aromatic heterocycles.